The molecule has 1 unspecified atom stereocenters. The van der Waals surface area contributed by atoms with Crippen molar-refractivity contribution < 1.29 is 9.90 Å². The summed E-state index contributed by atoms with van der Waals surface area (Å²) in [6.07, 6.45) is 0.965. The summed E-state index contributed by atoms with van der Waals surface area (Å²) < 4.78 is 0. The molecule has 0 aliphatic carbocycles. The van der Waals surface area contributed by atoms with Gasteiger partial charge in [-0.2, -0.15) is 0 Å². The Morgan fingerprint density at radius 2 is 2.16 bits per heavy atom. The summed E-state index contributed by atoms with van der Waals surface area (Å²) in [4.78, 5) is 13.9. The third-order valence-corrected chi connectivity index (χ3v) is 3.55. The summed E-state index contributed by atoms with van der Waals surface area (Å²) in [5.41, 5.74) is 1.28. The maximum atomic E-state index is 11.7. The van der Waals surface area contributed by atoms with Gasteiger partial charge in [0.2, 0.25) is 0 Å². The number of carbonyl (C=O) groups is 1. The zero-order chi connectivity index (χ0) is 14.0. The predicted octanol–water partition coefficient (Wildman–Crippen LogP) is 1.18. The van der Waals surface area contributed by atoms with E-state index in [1.54, 1.807) is 0 Å². The van der Waals surface area contributed by atoms with Gasteiger partial charge in [0.05, 0.1) is 0 Å². The highest BCUT2D eigenvalue weighted by Crippen LogP contribution is 2.27. The van der Waals surface area contributed by atoms with E-state index in [0.717, 1.165) is 13.0 Å². The third-order valence-electron chi connectivity index (χ3n) is 3.55. The molecule has 2 N–H and O–H groups in total. The highest BCUT2D eigenvalue weighted by Gasteiger charge is 2.26. The molecule has 1 aromatic rings. The summed E-state index contributed by atoms with van der Waals surface area (Å²) in [6, 6.07) is 8.35. The van der Waals surface area contributed by atoms with Gasteiger partial charge in [0.25, 0.3) is 5.91 Å². The minimum absolute atomic E-state index is 0.311. The van der Waals surface area contributed by atoms with Crippen molar-refractivity contribution in [3.05, 3.63) is 29.8 Å². The van der Waals surface area contributed by atoms with Gasteiger partial charge in [-0.25, -0.2) is 0 Å². The molecular formula is C15H22N2O2. The van der Waals surface area contributed by atoms with Crippen LogP contribution in [0.3, 0.4) is 0 Å². The molecule has 4 nitrogen and oxygen atoms in total. The van der Waals surface area contributed by atoms with Gasteiger partial charge in [0.15, 0.2) is 0 Å². The van der Waals surface area contributed by atoms with Crippen molar-refractivity contribution in [1.29, 1.82) is 0 Å². The quantitative estimate of drug-likeness (QED) is 0.860. The van der Waals surface area contributed by atoms with Crippen molar-refractivity contribution in [3.63, 3.8) is 0 Å². The number of hydrogen-bond acceptors (Lipinski definition) is 3. The normalized spacial score (nSPS) is 18.9. The lowest BCUT2D eigenvalue weighted by Gasteiger charge is -2.33. The second-order valence-electron chi connectivity index (χ2n) is 5.85. The lowest BCUT2D eigenvalue weighted by molar-refractivity contribution is -0.136. The summed E-state index contributed by atoms with van der Waals surface area (Å²) in [6.45, 7) is 4.53. The molecule has 1 aliphatic rings. The molecule has 0 bridgehead atoms. The zero-order valence-corrected chi connectivity index (χ0v) is 11.8. The Morgan fingerprint density at radius 3 is 2.84 bits per heavy atom. The van der Waals surface area contributed by atoms with E-state index in [2.05, 4.69) is 29.4 Å². The van der Waals surface area contributed by atoms with E-state index >= 15 is 0 Å². The number of hydrogen-bond donors (Lipinski definition) is 2. The molecule has 0 aromatic heterocycles. The molecule has 0 saturated carbocycles. The first-order chi connectivity index (χ1) is 8.88. The average molecular weight is 262 g/mol. The smallest absolute Gasteiger partial charge is 0.251 e. The second-order valence-corrected chi connectivity index (χ2v) is 5.85. The van der Waals surface area contributed by atoms with Crippen LogP contribution in [0.25, 0.3) is 0 Å². The Hall–Kier alpha value is -1.55. The van der Waals surface area contributed by atoms with Crippen molar-refractivity contribution in [3.8, 4) is 0 Å². The van der Waals surface area contributed by atoms with E-state index in [1.807, 2.05) is 12.1 Å². The first kappa shape index (κ1) is 13.9. The number of carbonyl (C=O) groups excluding carboxylic acids is 1. The molecule has 1 atom stereocenters. The van der Waals surface area contributed by atoms with Gasteiger partial charge in [-0.3, -0.25) is 4.79 Å². The topological polar surface area (TPSA) is 52.6 Å². The summed E-state index contributed by atoms with van der Waals surface area (Å²) in [7, 11) is 2.07. The Morgan fingerprint density at radius 1 is 1.47 bits per heavy atom. The average Bonchev–Trinajstić information content (AvgIpc) is 2.35. The zero-order valence-electron chi connectivity index (χ0n) is 11.8. The Bertz CT molecular complexity index is 465. The van der Waals surface area contributed by atoms with Crippen LogP contribution in [0, 0.1) is 5.92 Å². The van der Waals surface area contributed by atoms with E-state index in [4.69, 9.17) is 0 Å². The van der Waals surface area contributed by atoms with Crippen LogP contribution < -0.4 is 10.2 Å². The van der Waals surface area contributed by atoms with Crippen LogP contribution >= 0.6 is 0 Å². The van der Waals surface area contributed by atoms with Gasteiger partial charge in [-0.1, -0.05) is 18.2 Å². The number of amides is 1. The van der Waals surface area contributed by atoms with Gasteiger partial charge in [-0.15, -0.1) is 0 Å². The Balaban J connectivity index is 1.97. The SMILES string of the molecule is CN1CC(CNC(=O)C(C)(C)O)Cc2ccccc21. The fourth-order valence-corrected chi connectivity index (χ4v) is 2.51. The number of nitrogens with zero attached hydrogens (tertiary/aromatic N) is 1. The summed E-state index contributed by atoms with van der Waals surface area (Å²) >= 11 is 0. The van der Waals surface area contributed by atoms with Crippen LogP contribution in [0.2, 0.25) is 0 Å². The molecule has 104 valence electrons. The monoisotopic (exact) mass is 262 g/mol. The molecule has 2 rings (SSSR count). The predicted molar refractivity (Wildman–Crippen MR) is 76.2 cm³/mol. The lowest BCUT2D eigenvalue weighted by atomic mass is 9.92. The molecule has 0 spiro atoms. The standard InChI is InChI=1S/C15H22N2O2/c1-15(2,19)14(18)16-9-11-8-12-6-4-5-7-13(12)17(3)10-11/h4-7,11,19H,8-10H2,1-3H3,(H,16,18). The van der Waals surface area contributed by atoms with Gasteiger partial charge in [0, 0.05) is 25.8 Å². The molecule has 0 fully saturated rings. The molecule has 0 radical (unpaired) electrons. The molecule has 1 aromatic carbocycles. The van der Waals surface area contributed by atoms with E-state index in [-0.39, 0.29) is 5.91 Å². The molecule has 1 aliphatic heterocycles. The first-order valence-electron chi connectivity index (χ1n) is 6.67. The number of anilines is 1. The van der Waals surface area contributed by atoms with Crippen LogP contribution in [0.15, 0.2) is 24.3 Å². The molecule has 19 heavy (non-hydrogen) atoms. The van der Waals surface area contributed by atoms with Crippen LogP contribution in [-0.2, 0) is 11.2 Å². The second kappa shape index (κ2) is 5.21. The van der Waals surface area contributed by atoms with Crippen molar-refractivity contribution in [2.75, 3.05) is 25.0 Å². The van der Waals surface area contributed by atoms with Crippen LogP contribution in [0.5, 0.6) is 0 Å². The van der Waals surface area contributed by atoms with Crippen molar-refractivity contribution in [1.82, 2.24) is 5.32 Å². The molecule has 4 heteroatoms. The van der Waals surface area contributed by atoms with E-state index < -0.39 is 5.60 Å². The van der Waals surface area contributed by atoms with Gasteiger partial charge in [0.1, 0.15) is 5.60 Å². The largest absolute Gasteiger partial charge is 0.381 e. The van der Waals surface area contributed by atoms with Crippen molar-refractivity contribution in [2.45, 2.75) is 25.9 Å². The van der Waals surface area contributed by atoms with E-state index in [9.17, 15) is 9.90 Å². The Kier molecular flexibility index (Phi) is 3.80. The van der Waals surface area contributed by atoms with E-state index in [0.29, 0.717) is 12.5 Å². The number of rotatable bonds is 3. The lowest BCUT2D eigenvalue weighted by Crippen LogP contribution is -2.46. The highest BCUT2D eigenvalue weighted by molar-refractivity contribution is 5.83. The van der Waals surface area contributed by atoms with Gasteiger partial charge >= 0.3 is 0 Å². The van der Waals surface area contributed by atoms with Crippen LogP contribution in [0.4, 0.5) is 5.69 Å². The van der Waals surface area contributed by atoms with Gasteiger partial charge < -0.3 is 15.3 Å². The minimum atomic E-state index is -1.31. The van der Waals surface area contributed by atoms with Crippen molar-refractivity contribution in [2.24, 2.45) is 5.92 Å². The summed E-state index contributed by atoms with van der Waals surface area (Å²) in [5, 5.41) is 12.4. The molecule has 1 heterocycles. The first-order valence-corrected chi connectivity index (χ1v) is 6.67. The molecular weight excluding hydrogens is 240 g/mol. The number of para-hydroxylation sites is 1. The summed E-state index contributed by atoms with van der Waals surface area (Å²) in [5.74, 6) is 0.0696. The highest BCUT2D eigenvalue weighted by atomic mass is 16.3. The third kappa shape index (κ3) is 3.26. The minimum Gasteiger partial charge on any atom is -0.381 e. The number of fused-ring (bicyclic) bond motifs is 1. The number of nitrogens with one attached hydrogen (secondary N) is 1. The molecule has 0 saturated heterocycles. The number of benzene rings is 1. The van der Waals surface area contributed by atoms with E-state index in [1.165, 1.54) is 25.1 Å². The maximum absolute atomic E-state index is 11.7. The van der Waals surface area contributed by atoms with Gasteiger partial charge in [-0.05, 0) is 37.8 Å². The fraction of sp³-hybridized carbons (Fsp3) is 0.533. The van der Waals surface area contributed by atoms with Crippen LogP contribution in [0.1, 0.15) is 19.4 Å². The maximum Gasteiger partial charge on any atom is 0.251 e. The molecule has 1 amide bonds. The Labute approximate surface area is 114 Å². The fourth-order valence-electron chi connectivity index (χ4n) is 2.51. The van der Waals surface area contributed by atoms with Crippen molar-refractivity contribution >= 4 is 11.6 Å². The van der Waals surface area contributed by atoms with Crippen LogP contribution in [-0.4, -0.2) is 36.8 Å². The number of aliphatic hydroxyl groups is 1.